The largest absolute Gasteiger partial charge is 0.228 e. The van der Waals surface area contributed by atoms with Gasteiger partial charge in [-0.05, 0) is 56.9 Å². The molecule has 0 N–H and O–H groups in total. The fourth-order valence-electron chi connectivity index (χ4n) is 7.28. The fourth-order valence-corrected chi connectivity index (χ4v) is 7.28. The van der Waals surface area contributed by atoms with Crippen molar-refractivity contribution in [3.8, 4) is 78.9 Å². The number of hydrogen-bond donors (Lipinski definition) is 0. The van der Waals surface area contributed by atoms with Crippen LogP contribution in [0.15, 0.2) is 206 Å². The first kappa shape index (κ1) is 33.0. The number of benzene rings is 8. The molecule has 0 fully saturated rings. The lowest BCUT2D eigenvalue weighted by molar-refractivity contribution is 1.18. The second-order valence-electron chi connectivity index (χ2n) is 13.9. The standard InChI is InChI=1S/C52H34N4/c1-3-13-41(14-4-1)51-53-47(33-49(55-51)45-29-23-35-11-7-9-17-43(35)31-45)39-25-19-37(20-26-39)38-21-27-40(28-22-38)48-34-50(56-52(54-48)42-15-5-2-6-16-42)46-30-24-36-12-8-10-18-44(36)32-46/h1-34H. The predicted octanol–water partition coefficient (Wildman–Crippen LogP) is 13.2. The Morgan fingerprint density at radius 1 is 0.196 bits per heavy atom. The van der Waals surface area contributed by atoms with Gasteiger partial charge in [-0.2, -0.15) is 0 Å². The van der Waals surface area contributed by atoms with Crippen LogP contribution in [0.1, 0.15) is 0 Å². The summed E-state index contributed by atoms with van der Waals surface area (Å²) < 4.78 is 0. The van der Waals surface area contributed by atoms with Crippen LogP contribution in [-0.4, -0.2) is 19.9 Å². The van der Waals surface area contributed by atoms with Gasteiger partial charge in [0.15, 0.2) is 11.6 Å². The van der Waals surface area contributed by atoms with Gasteiger partial charge in [0.2, 0.25) is 0 Å². The van der Waals surface area contributed by atoms with E-state index in [0.29, 0.717) is 11.6 Å². The molecule has 0 spiro atoms. The second-order valence-corrected chi connectivity index (χ2v) is 13.9. The Morgan fingerprint density at radius 2 is 0.500 bits per heavy atom. The lowest BCUT2D eigenvalue weighted by Crippen LogP contribution is -1.96. The summed E-state index contributed by atoms with van der Waals surface area (Å²) in [5.41, 5.74) is 11.9. The minimum atomic E-state index is 0.704. The first-order valence-electron chi connectivity index (χ1n) is 18.8. The fraction of sp³-hybridized carbons (Fsp3) is 0. The zero-order chi connectivity index (χ0) is 37.3. The molecule has 262 valence electrons. The zero-order valence-corrected chi connectivity index (χ0v) is 30.4. The third-order valence-corrected chi connectivity index (χ3v) is 10.3. The molecular formula is C52H34N4. The number of rotatable bonds is 7. The van der Waals surface area contributed by atoms with Gasteiger partial charge in [0, 0.05) is 33.4 Å². The first-order chi connectivity index (χ1) is 27.7. The molecule has 4 heteroatoms. The quantitative estimate of drug-likeness (QED) is 0.165. The van der Waals surface area contributed by atoms with E-state index in [9.17, 15) is 0 Å². The molecule has 0 saturated carbocycles. The molecule has 10 rings (SSSR count). The Kier molecular flexibility index (Phi) is 8.47. The van der Waals surface area contributed by atoms with Crippen molar-refractivity contribution in [3.05, 3.63) is 206 Å². The summed E-state index contributed by atoms with van der Waals surface area (Å²) in [6, 6.07) is 71.7. The van der Waals surface area contributed by atoms with E-state index in [0.717, 1.165) is 67.3 Å². The van der Waals surface area contributed by atoms with Gasteiger partial charge >= 0.3 is 0 Å². The molecular weight excluding hydrogens is 681 g/mol. The summed E-state index contributed by atoms with van der Waals surface area (Å²) in [5, 5.41) is 4.78. The maximum absolute atomic E-state index is 5.06. The smallest absolute Gasteiger partial charge is 0.160 e. The molecule has 8 aromatic carbocycles. The van der Waals surface area contributed by atoms with E-state index in [1.807, 2.05) is 36.4 Å². The normalized spacial score (nSPS) is 11.2. The van der Waals surface area contributed by atoms with Crippen molar-refractivity contribution >= 4 is 21.5 Å². The van der Waals surface area contributed by atoms with Gasteiger partial charge in [0.1, 0.15) is 0 Å². The van der Waals surface area contributed by atoms with Crippen molar-refractivity contribution in [2.24, 2.45) is 0 Å². The maximum atomic E-state index is 5.06. The highest BCUT2D eigenvalue weighted by molar-refractivity contribution is 5.89. The Morgan fingerprint density at radius 3 is 0.893 bits per heavy atom. The lowest BCUT2D eigenvalue weighted by atomic mass is 9.99. The van der Waals surface area contributed by atoms with E-state index in [2.05, 4.69) is 170 Å². The van der Waals surface area contributed by atoms with E-state index >= 15 is 0 Å². The maximum Gasteiger partial charge on any atom is 0.160 e. The Bertz CT molecular complexity index is 2790. The summed E-state index contributed by atoms with van der Waals surface area (Å²) in [6.07, 6.45) is 0. The van der Waals surface area contributed by atoms with Crippen LogP contribution in [0, 0.1) is 0 Å². The van der Waals surface area contributed by atoms with Crippen LogP contribution >= 0.6 is 0 Å². The Hall–Kier alpha value is -7.56. The molecule has 0 unspecified atom stereocenters. The number of fused-ring (bicyclic) bond motifs is 2. The van der Waals surface area contributed by atoms with Gasteiger partial charge in [0.25, 0.3) is 0 Å². The predicted molar refractivity (Wildman–Crippen MR) is 231 cm³/mol. The van der Waals surface area contributed by atoms with Crippen molar-refractivity contribution in [2.75, 3.05) is 0 Å². The molecule has 0 aliphatic rings. The molecule has 0 radical (unpaired) electrons. The average Bonchev–Trinajstić information content (AvgIpc) is 3.29. The van der Waals surface area contributed by atoms with Crippen LogP contribution in [-0.2, 0) is 0 Å². The number of aromatic nitrogens is 4. The average molecular weight is 715 g/mol. The Labute approximate surface area is 325 Å². The van der Waals surface area contributed by atoms with Gasteiger partial charge in [-0.3, -0.25) is 0 Å². The topological polar surface area (TPSA) is 51.6 Å². The van der Waals surface area contributed by atoms with Crippen LogP contribution in [0.4, 0.5) is 0 Å². The number of hydrogen-bond acceptors (Lipinski definition) is 4. The highest BCUT2D eigenvalue weighted by Crippen LogP contribution is 2.33. The molecule has 0 aliphatic heterocycles. The SMILES string of the molecule is c1ccc(-c2nc(-c3ccc(-c4ccc(-c5cc(-c6ccc7ccccc7c6)nc(-c6ccccc6)n5)cc4)cc3)cc(-c3ccc4ccccc4c3)n2)cc1. The summed E-state index contributed by atoms with van der Waals surface area (Å²) in [5.74, 6) is 1.41. The van der Waals surface area contributed by atoms with Crippen LogP contribution in [0.5, 0.6) is 0 Å². The van der Waals surface area contributed by atoms with E-state index in [1.165, 1.54) is 21.5 Å². The van der Waals surface area contributed by atoms with Crippen molar-refractivity contribution in [2.45, 2.75) is 0 Å². The lowest BCUT2D eigenvalue weighted by Gasteiger charge is -2.11. The summed E-state index contributed by atoms with van der Waals surface area (Å²) in [4.78, 5) is 20.2. The van der Waals surface area contributed by atoms with E-state index in [4.69, 9.17) is 19.9 Å². The Balaban J connectivity index is 0.980. The van der Waals surface area contributed by atoms with Crippen LogP contribution in [0.2, 0.25) is 0 Å². The van der Waals surface area contributed by atoms with Crippen LogP contribution in [0.3, 0.4) is 0 Å². The third kappa shape index (κ3) is 6.61. The van der Waals surface area contributed by atoms with E-state index < -0.39 is 0 Å². The van der Waals surface area contributed by atoms with Crippen molar-refractivity contribution in [3.63, 3.8) is 0 Å². The molecule has 2 heterocycles. The van der Waals surface area contributed by atoms with E-state index in [-0.39, 0.29) is 0 Å². The van der Waals surface area contributed by atoms with Gasteiger partial charge < -0.3 is 0 Å². The minimum Gasteiger partial charge on any atom is -0.228 e. The second kappa shape index (κ2) is 14.3. The summed E-state index contributed by atoms with van der Waals surface area (Å²) in [7, 11) is 0. The molecule has 56 heavy (non-hydrogen) atoms. The monoisotopic (exact) mass is 714 g/mol. The summed E-state index contributed by atoms with van der Waals surface area (Å²) >= 11 is 0. The molecule has 0 aliphatic carbocycles. The van der Waals surface area contributed by atoms with Crippen molar-refractivity contribution < 1.29 is 0 Å². The minimum absolute atomic E-state index is 0.704. The van der Waals surface area contributed by atoms with Crippen molar-refractivity contribution in [1.29, 1.82) is 0 Å². The molecule has 2 aromatic heterocycles. The van der Waals surface area contributed by atoms with Gasteiger partial charge in [-0.1, -0.05) is 182 Å². The highest BCUT2D eigenvalue weighted by Gasteiger charge is 2.14. The molecule has 10 aromatic rings. The molecule has 0 bridgehead atoms. The van der Waals surface area contributed by atoms with Crippen LogP contribution in [0.25, 0.3) is 100 Å². The van der Waals surface area contributed by atoms with Crippen molar-refractivity contribution in [1.82, 2.24) is 19.9 Å². The zero-order valence-electron chi connectivity index (χ0n) is 30.4. The highest BCUT2D eigenvalue weighted by atomic mass is 14.9. The van der Waals surface area contributed by atoms with Gasteiger partial charge in [-0.25, -0.2) is 19.9 Å². The van der Waals surface area contributed by atoms with Gasteiger partial charge in [-0.15, -0.1) is 0 Å². The molecule has 4 nitrogen and oxygen atoms in total. The molecule has 0 saturated heterocycles. The molecule has 0 amide bonds. The number of nitrogens with zero attached hydrogens (tertiary/aromatic N) is 4. The van der Waals surface area contributed by atoms with E-state index in [1.54, 1.807) is 0 Å². The third-order valence-electron chi connectivity index (χ3n) is 10.3. The molecule has 0 atom stereocenters. The van der Waals surface area contributed by atoms with Gasteiger partial charge in [0.05, 0.1) is 22.8 Å². The summed E-state index contributed by atoms with van der Waals surface area (Å²) in [6.45, 7) is 0. The van der Waals surface area contributed by atoms with Crippen LogP contribution < -0.4 is 0 Å². The first-order valence-corrected chi connectivity index (χ1v) is 18.8.